The Labute approximate surface area is 177 Å². The van der Waals surface area contributed by atoms with Gasteiger partial charge in [0.1, 0.15) is 5.82 Å². The van der Waals surface area contributed by atoms with Crippen molar-refractivity contribution in [3.63, 3.8) is 0 Å². The van der Waals surface area contributed by atoms with E-state index >= 15 is 0 Å². The lowest BCUT2D eigenvalue weighted by Crippen LogP contribution is -2.02. The molecule has 0 aliphatic rings. The Morgan fingerprint density at radius 2 is 1.72 bits per heavy atom. The van der Waals surface area contributed by atoms with E-state index < -0.39 is 0 Å². The zero-order valence-corrected chi connectivity index (χ0v) is 16.8. The first-order valence-electron chi connectivity index (χ1n) is 8.73. The number of carbonyl (C=O) groups is 1. The van der Waals surface area contributed by atoms with Gasteiger partial charge in [-0.2, -0.15) is 0 Å². The monoisotopic (exact) mass is 423 g/mol. The van der Waals surface area contributed by atoms with Crippen LogP contribution in [0.4, 0.5) is 11.5 Å². The number of anilines is 2. The van der Waals surface area contributed by atoms with E-state index in [1.807, 2.05) is 24.3 Å². The summed E-state index contributed by atoms with van der Waals surface area (Å²) < 4.78 is 4.73. The lowest BCUT2D eigenvalue weighted by Gasteiger charge is -2.12. The fraction of sp³-hybridized carbons (Fsp3) is 0.0455. The first-order chi connectivity index (χ1) is 14.0. The van der Waals surface area contributed by atoms with Crippen LogP contribution in [-0.4, -0.2) is 23.0 Å². The maximum atomic E-state index is 11.6. The molecule has 0 saturated heterocycles. The summed E-state index contributed by atoms with van der Waals surface area (Å²) >= 11 is 12.4. The zero-order chi connectivity index (χ0) is 20.4. The van der Waals surface area contributed by atoms with Crippen molar-refractivity contribution in [3.05, 3.63) is 82.3 Å². The van der Waals surface area contributed by atoms with E-state index in [1.165, 1.54) is 7.11 Å². The van der Waals surface area contributed by atoms with Crippen molar-refractivity contribution >= 4 is 51.6 Å². The van der Waals surface area contributed by atoms with Gasteiger partial charge in [0.2, 0.25) is 0 Å². The standard InChI is InChI=1S/C22H15Cl2N3O2/c1-29-22(28)13-6-9-15(10-7-13)25-21-17-4-2-3-5-19(17)26-20(27-21)16-11-8-14(23)12-18(16)24/h2-12H,1H3,(H,25,26,27). The maximum absolute atomic E-state index is 11.6. The van der Waals surface area contributed by atoms with Crippen molar-refractivity contribution in [1.82, 2.24) is 9.97 Å². The Hall–Kier alpha value is -3.15. The molecular formula is C22H15Cl2N3O2. The highest BCUT2D eigenvalue weighted by Gasteiger charge is 2.13. The highest BCUT2D eigenvalue weighted by molar-refractivity contribution is 6.36. The van der Waals surface area contributed by atoms with Crippen LogP contribution in [0.25, 0.3) is 22.3 Å². The van der Waals surface area contributed by atoms with Gasteiger partial charge in [-0.1, -0.05) is 35.3 Å². The number of rotatable bonds is 4. The largest absolute Gasteiger partial charge is 0.465 e. The van der Waals surface area contributed by atoms with Crippen LogP contribution in [0, 0.1) is 0 Å². The third-order valence-corrected chi connectivity index (χ3v) is 4.89. The summed E-state index contributed by atoms with van der Waals surface area (Å²) in [5.41, 5.74) is 2.71. The number of ether oxygens (including phenoxy) is 1. The molecule has 0 saturated carbocycles. The van der Waals surface area contributed by atoms with E-state index in [2.05, 4.69) is 15.3 Å². The predicted molar refractivity (Wildman–Crippen MR) is 116 cm³/mol. The fourth-order valence-corrected chi connectivity index (χ4v) is 3.40. The summed E-state index contributed by atoms with van der Waals surface area (Å²) in [6.07, 6.45) is 0. The molecule has 0 aliphatic heterocycles. The van der Waals surface area contributed by atoms with Crippen LogP contribution in [0.2, 0.25) is 10.0 Å². The van der Waals surface area contributed by atoms with E-state index in [0.29, 0.717) is 32.8 Å². The van der Waals surface area contributed by atoms with Gasteiger partial charge in [0.15, 0.2) is 5.82 Å². The smallest absolute Gasteiger partial charge is 0.337 e. The number of hydrogen-bond donors (Lipinski definition) is 1. The second-order valence-corrected chi connectivity index (χ2v) is 7.07. The van der Waals surface area contributed by atoms with Crippen LogP contribution in [0.3, 0.4) is 0 Å². The number of carbonyl (C=O) groups excluding carboxylic acids is 1. The Balaban J connectivity index is 1.78. The molecule has 1 aromatic heterocycles. The minimum Gasteiger partial charge on any atom is -0.465 e. The van der Waals surface area contributed by atoms with Gasteiger partial charge in [-0.3, -0.25) is 0 Å². The lowest BCUT2D eigenvalue weighted by atomic mass is 10.1. The average molecular weight is 424 g/mol. The van der Waals surface area contributed by atoms with E-state index in [-0.39, 0.29) is 5.97 Å². The molecule has 5 nitrogen and oxygen atoms in total. The molecule has 0 unspecified atom stereocenters. The second-order valence-electron chi connectivity index (χ2n) is 6.23. The van der Waals surface area contributed by atoms with Crippen molar-refractivity contribution in [2.45, 2.75) is 0 Å². The number of para-hydroxylation sites is 1. The van der Waals surface area contributed by atoms with Crippen LogP contribution in [0.15, 0.2) is 66.7 Å². The van der Waals surface area contributed by atoms with Crippen molar-refractivity contribution < 1.29 is 9.53 Å². The van der Waals surface area contributed by atoms with E-state index in [9.17, 15) is 4.79 Å². The minimum absolute atomic E-state index is 0.385. The highest BCUT2D eigenvalue weighted by atomic mass is 35.5. The molecule has 0 aliphatic carbocycles. The van der Waals surface area contributed by atoms with Crippen LogP contribution in [0.1, 0.15) is 10.4 Å². The number of nitrogens with zero attached hydrogens (tertiary/aromatic N) is 2. The molecule has 1 N–H and O–H groups in total. The second kappa shape index (κ2) is 8.07. The van der Waals surface area contributed by atoms with E-state index in [4.69, 9.17) is 27.9 Å². The number of esters is 1. The van der Waals surface area contributed by atoms with Crippen LogP contribution >= 0.6 is 23.2 Å². The van der Waals surface area contributed by atoms with Crippen LogP contribution in [-0.2, 0) is 4.74 Å². The van der Waals surface area contributed by atoms with Gasteiger partial charge in [0.05, 0.1) is 23.2 Å². The molecule has 0 bridgehead atoms. The van der Waals surface area contributed by atoms with Gasteiger partial charge in [-0.05, 0) is 54.6 Å². The number of hydrogen-bond acceptors (Lipinski definition) is 5. The molecule has 7 heteroatoms. The summed E-state index contributed by atoms with van der Waals surface area (Å²) in [4.78, 5) is 21.0. The Morgan fingerprint density at radius 1 is 0.966 bits per heavy atom. The van der Waals surface area contributed by atoms with Gasteiger partial charge < -0.3 is 10.1 Å². The summed E-state index contributed by atoms with van der Waals surface area (Å²) in [6.45, 7) is 0. The topological polar surface area (TPSA) is 64.1 Å². The minimum atomic E-state index is -0.385. The third kappa shape index (κ3) is 4.01. The van der Waals surface area contributed by atoms with Crippen molar-refractivity contribution in [1.29, 1.82) is 0 Å². The molecule has 4 rings (SSSR count). The fourth-order valence-electron chi connectivity index (χ4n) is 2.91. The summed E-state index contributed by atoms with van der Waals surface area (Å²) in [5, 5.41) is 5.18. The quantitative estimate of drug-likeness (QED) is 0.399. The van der Waals surface area contributed by atoms with Crippen molar-refractivity contribution in [3.8, 4) is 11.4 Å². The molecular weight excluding hydrogens is 409 g/mol. The SMILES string of the molecule is COC(=O)c1ccc(Nc2nc(-c3ccc(Cl)cc3Cl)nc3ccccc23)cc1. The molecule has 3 aromatic carbocycles. The molecule has 0 fully saturated rings. The molecule has 0 radical (unpaired) electrons. The number of methoxy groups -OCH3 is 1. The Morgan fingerprint density at radius 3 is 2.45 bits per heavy atom. The molecule has 0 amide bonds. The Kier molecular flexibility index (Phi) is 5.34. The zero-order valence-electron chi connectivity index (χ0n) is 15.3. The number of nitrogens with one attached hydrogen (secondary N) is 1. The van der Waals surface area contributed by atoms with Gasteiger partial charge in [0, 0.05) is 21.7 Å². The molecule has 0 spiro atoms. The molecule has 1 heterocycles. The lowest BCUT2D eigenvalue weighted by molar-refractivity contribution is 0.0601. The number of fused-ring (bicyclic) bond motifs is 1. The maximum Gasteiger partial charge on any atom is 0.337 e. The Bertz CT molecular complexity index is 1210. The van der Waals surface area contributed by atoms with Crippen LogP contribution in [0.5, 0.6) is 0 Å². The highest BCUT2D eigenvalue weighted by Crippen LogP contribution is 2.32. The predicted octanol–water partition coefficient (Wildman–Crippen LogP) is 6.13. The molecule has 144 valence electrons. The van der Waals surface area contributed by atoms with Gasteiger partial charge in [-0.15, -0.1) is 0 Å². The normalized spacial score (nSPS) is 10.7. The summed E-state index contributed by atoms with van der Waals surface area (Å²) in [5.74, 6) is 0.727. The van der Waals surface area contributed by atoms with E-state index in [1.54, 1.807) is 42.5 Å². The van der Waals surface area contributed by atoms with Gasteiger partial charge in [0.25, 0.3) is 0 Å². The number of halogens is 2. The average Bonchev–Trinajstić information content (AvgIpc) is 2.73. The van der Waals surface area contributed by atoms with Crippen molar-refractivity contribution in [2.24, 2.45) is 0 Å². The molecule has 29 heavy (non-hydrogen) atoms. The number of benzene rings is 3. The summed E-state index contributed by atoms with van der Waals surface area (Å²) in [6, 6.07) is 19.9. The van der Waals surface area contributed by atoms with Gasteiger partial charge in [-0.25, -0.2) is 14.8 Å². The molecule has 4 aromatic rings. The third-order valence-electron chi connectivity index (χ3n) is 4.34. The number of aromatic nitrogens is 2. The van der Waals surface area contributed by atoms with Crippen molar-refractivity contribution in [2.75, 3.05) is 12.4 Å². The molecule has 0 atom stereocenters. The first kappa shape index (κ1) is 19.2. The van der Waals surface area contributed by atoms with E-state index in [0.717, 1.165) is 16.6 Å². The van der Waals surface area contributed by atoms with Gasteiger partial charge >= 0.3 is 5.97 Å². The van der Waals surface area contributed by atoms with Crippen LogP contribution < -0.4 is 5.32 Å². The summed E-state index contributed by atoms with van der Waals surface area (Å²) in [7, 11) is 1.35. The first-order valence-corrected chi connectivity index (χ1v) is 9.48.